The minimum atomic E-state index is -0.925. The number of hydrogen-bond acceptors (Lipinski definition) is 5. The molecule has 0 aliphatic heterocycles. The molecule has 0 spiro atoms. The fourth-order valence-electron chi connectivity index (χ4n) is 1.28. The fourth-order valence-corrected chi connectivity index (χ4v) is 2.08. The van der Waals surface area contributed by atoms with Gasteiger partial charge in [0.2, 0.25) is 0 Å². The largest absolute Gasteiger partial charge is 0.381 e. The van der Waals surface area contributed by atoms with Crippen LogP contribution in [0.4, 0.5) is 20.3 Å². The molecule has 0 bridgehead atoms. The first kappa shape index (κ1) is 13.2. The molecule has 0 radical (unpaired) electrons. The van der Waals surface area contributed by atoms with E-state index in [0.29, 0.717) is 11.0 Å². The Hall–Kier alpha value is -2.22. The third-order valence-electron chi connectivity index (χ3n) is 2.19. The molecule has 1 aromatic heterocycles. The van der Waals surface area contributed by atoms with Crippen LogP contribution in [0.3, 0.4) is 0 Å². The number of nitrogen functional groups attached to an aromatic ring is 1. The van der Waals surface area contributed by atoms with E-state index in [1.54, 1.807) is 0 Å². The number of nitrogens with zero attached hydrogens (tertiary/aromatic N) is 2. The molecule has 8 heteroatoms. The lowest BCUT2D eigenvalue weighted by molar-refractivity contribution is -0.384. The lowest BCUT2D eigenvalue weighted by Gasteiger charge is -2.04. The van der Waals surface area contributed by atoms with Gasteiger partial charge >= 0.3 is 0 Å². The molecular formula is C11H7F2N3O2S. The zero-order chi connectivity index (χ0) is 14.0. The molecular weight excluding hydrogens is 276 g/mol. The minimum absolute atomic E-state index is 0.0728. The highest BCUT2D eigenvalue weighted by Gasteiger charge is 2.12. The van der Waals surface area contributed by atoms with E-state index < -0.39 is 22.4 Å². The average Bonchev–Trinajstić information content (AvgIpc) is 2.36. The number of benzene rings is 1. The second kappa shape index (κ2) is 5.19. The zero-order valence-electron chi connectivity index (χ0n) is 9.34. The highest BCUT2D eigenvalue weighted by molar-refractivity contribution is 7.99. The van der Waals surface area contributed by atoms with Gasteiger partial charge in [0.15, 0.2) is 17.5 Å². The summed E-state index contributed by atoms with van der Waals surface area (Å²) in [5.74, 6) is -2.16. The molecule has 0 amide bonds. The van der Waals surface area contributed by atoms with Gasteiger partial charge in [-0.3, -0.25) is 10.1 Å². The molecule has 0 aliphatic carbocycles. The van der Waals surface area contributed by atoms with Crippen LogP contribution in [-0.4, -0.2) is 9.91 Å². The summed E-state index contributed by atoms with van der Waals surface area (Å²) in [7, 11) is 0. The first-order chi connectivity index (χ1) is 8.97. The summed E-state index contributed by atoms with van der Waals surface area (Å²) < 4.78 is 26.4. The average molecular weight is 283 g/mol. The molecule has 0 aliphatic rings. The van der Waals surface area contributed by atoms with Gasteiger partial charge in [0.1, 0.15) is 5.03 Å². The molecule has 98 valence electrons. The van der Waals surface area contributed by atoms with Crippen LogP contribution < -0.4 is 5.73 Å². The van der Waals surface area contributed by atoms with Gasteiger partial charge in [-0.05, 0) is 12.1 Å². The molecule has 1 aromatic carbocycles. The maximum absolute atomic E-state index is 13.4. The quantitative estimate of drug-likeness (QED) is 0.691. The normalized spacial score (nSPS) is 10.4. The van der Waals surface area contributed by atoms with E-state index in [0.717, 1.165) is 11.8 Å². The maximum atomic E-state index is 13.4. The topological polar surface area (TPSA) is 82.0 Å². The van der Waals surface area contributed by atoms with Crippen LogP contribution in [0.15, 0.2) is 40.3 Å². The van der Waals surface area contributed by atoms with E-state index in [-0.39, 0.29) is 10.7 Å². The highest BCUT2D eigenvalue weighted by Crippen LogP contribution is 2.30. The predicted molar refractivity (Wildman–Crippen MR) is 65.8 cm³/mol. The van der Waals surface area contributed by atoms with Crippen LogP contribution >= 0.6 is 11.8 Å². The minimum Gasteiger partial charge on any atom is -0.381 e. The predicted octanol–water partition coefficient (Wildman–Crippen LogP) is 3.00. The van der Waals surface area contributed by atoms with Gasteiger partial charge in [-0.1, -0.05) is 11.8 Å². The van der Waals surface area contributed by atoms with Crippen molar-refractivity contribution in [2.75, 3.05) is 5.73 Å². The number of non-ortho nitro benzene ring substituents is 1. The summed E-state index contributed by atoms with van der Waals surface area (Å²) in [6.07, 6.45) is 0. The Bertz CT molecular complexity index is 635. The number of halogens is 2. The van der Waals surface area contributed by atoms with Crippen LogP contribution in [0, 0.1) is 21.7 Å². The molecule has 19 heavy (non-hydrogen) atoms. The Kier molecular flexibility index (Phi) is 3.61. The summed E-state index contributed by atoms with van der Waals surface area (Å²) in [4.78, 5) is 14.0. The van der Waals surface area contributed by atoms with E-state index in [9.17, 15) is 18.9 Å². The molecule has 1 heterocycles. The van der Waals surface area contributed by atoms with Crippen molar-refractivity contribution in [2.24, 2.45) is 0 Å². The van der Waals surface area contributed by atoms with Gasteiger partial charge < -0.3 is 5.73 Å². The van der Waals surface area contributed by atoms with Crippen LogP contribution in [0.5, 0.6) is 0 Å². The number of nitro benzene ring substituents is 1. The molecule has 2 rings (SSSR count). The number of pyridine rings is 1. The molecule has 0 unspecified atom stereocenters. The molecule has 0 fully saturated rings. The van der Waals surface area contributed by atoms with Gasteiger partial charge in [-0.15, -0.1) is 0 Å². The smallest absolute Gasteiger partial charge is 0.269 e. The monoisotopic (exact) mass is 283 g/mol. The van der Waals surface area contributed by atoms with Crippen LogP contribution in [0.1, 0.15) is 0 Å². The summed E-state index contributed by atoms with van der Waals surface area (Å²) in [6.45, 7) is 0. The molecule has 2 N–H and O–H groups in total. The molecule has 0 saturated carbocycles. The molecule has 0 saturated heterocycles. The number of anilines is 1. The second-order valence-corrected chi connectivity index (χ2v) is 4.56. The van der Waals surface area contributed by atoms with Crippen molar-refractivity contribution in [2.45, 2.75) is 9.92 Å². The van der Waals surface area contributed by atoms with Gasteiger partial charge in [0.25, 0.3) is 5.69 Å². The Morgan fingerprint density at radius 3 is 2.42 bits per heavy atom. The van der Waals surface area contributed by atoms with E-state index in [4.69, 9.17) is 5.73 Å². The summed E-state index contributed by atoms with van der Waals surface area (Å²) in [5, 5.41) is 10.4. The molecule has 0 atom stereocenters. The van der Waals surface area contributed by atoms with Crippen LogP contribution in [0.25, 0.3) is 0 Å². The Morgan fingerprint density at radius 1 is 1.21 bits per heavy atom. The SMILES string of the molecule is Nc1nc(Sc2ccc([N+](=O)[O-])cc2)c(F)cc1F. The Balaban J connectivity index is 2.26. The third-order valence-corrected chi connectivity index (χ3v) is 3.17. The van der Waals surface area contributed by atoms with E-state index in [1.165, 1.54) is 24.3 Å². The van der Waals surface area contributed by atoms with Crippen molar-refractivity contribution in [3.05, 3.63) is 52.1 Å². The molecule has 2 aromatic rings. The summed E-state index contributed by atoms with van der Waals surface area (Å²) in [6, 6.07) is 6.11. The van der Waals surface area contributed by atoms with Gasteiger partial charge in [-0.2, -0.15) is 0 Å². The Morgan fingerprint density at radius 2 is 1.84 bits per heavy atom. The number of aromatic nitrogens is 1. The number of nitrogens with two attached hydrogens (primary N) is 1. The van der Waals surface area contributed by atoms with Gasteiger partial charge in [0, 0.05) is 23.1 Å². The van der Waals surface area contributed by atoms with Gasteiger partial charge in [0.05, 0.1) is 4.92 Å². The lowest BCUT2D eigenvalue weighted by atomic mass is 10.3. The maximum Gasteiger partial charge on any atom is 0.269 e. The van der Waals surface area contributed by atoms with Crippen molar-refractivity contribution >= 4 is 23.3 Å². The zero-order valence-corrected chi connectivity index (χ0v) is 10.2. The van der Waals surface area contributed by atoms with Crippen LogP contribution in [0.2, 0.25) is 0 Å². The van der Waals surface area contributed by atoms with Crippen molar-refractivity contribution < 1.29 is 13.7 Å². The summed E-state index contributed by atoms with van der Waals surface area (Å²) in [5.41, 5.74) is 5.18. The third kappa shape index (κ3) is 2.97. The van der Waals surface area contributed by atoms with Crippen molar-refractivity contribution in [3.8, 4) is 0 Å². The lowest BCUT2D eigenvalue weighted by Crippen LogP contribution is -1.98. The first-order valence-electron chi connectivity index (χ1n) is 5.01. The summed E-state index contributed by atoms with van der Waals surface area (Å²) >= 11 is 0.902. The van der Waals surface area contributed by atoms with E-state index >= 15 is 0 Å². The highest BCUT2D eigenvalue weighted by atomic mass is 32.2. The molecule has 5 nitrogen and oxygen atoms in total. The van der Waals surface area contributed by atoms with Crippen molar-refractivity contribution in [1.29, 1.82) is 0 Å². The second-order valence-electron chi connectivity index (χ2n) is 3.50. The van der Waals surface area contributed by atoms with Crippen molar-refractivity contribution in [3.63, 3.8) is 0 Å². The van der Waals surface area contributed by atoms with Gasteiger partial charge in [-0.25, -0.2) is 13.8 Å². The van der Waals surface area contributed by atoms with E-state index in [2.05, 4.69) is 4.98 Å². The number of nitro groups is 1. The number of hydrogen-bond donors (Lipinski definition) is 1. The van der Waals surface area contributed by atoms with E-state index in [1.807, 2.05) is 0 Å². The van der Waals surface area contributed by atoms with Crippen molar-refractivity contribution in [1.82, 2.24) is 4.98 Å². The first-order valence-corrected chi connectivity index (χ1v) is 5.83. The van der Waals surface area contributed by atoms with Crippen LogP contribution in [-0.2, 0) is 0 Å². The number of rotatable bonds is 3. The standard InChI is InChI=1S/C11H7F2N3O2S/c12-8-5-9(13)11(15-10(8)14)19-7-3-1-6(2-4-7)16(17)18/h1-5H,(H2,14,15). The Labute approximate surface area is 110 Å². The fraction of sp³-hybridized carbons (Fsp3) is 0.